The van der Waals surface area contributed by atoms with Gasteiger partial charge in [0, 0.05) is 0 Å². The molecule has 0 heterocycles. The molecule has 168 valence electrons. The van der Waals surface area contributed by atoms with Gasteiger partial charge in [-0.05, 0) is 12.8 Å². The van der Waals surface area contributed by atoms with Gasteiger partial charge in [0.25, 0.3) is 0 Å². The summed E-state index contributed by atoms with van der Waals surface area (Å²) < 4.78 is -0.757. The van der Waals surface area contributed by atoms with Crippen LogP contribution in [0, 0.1) is 5.92 Å². The van der Waals surface area contributed by atoms with E-state index in [1.807, 2.05) is 20.8 Å². The van der Waals surface area contributed by atoms with E-state index >= 15 is 0 Å². The first-order valence-electron chi connectivity index (χ1n) is 8.32. The zero-order valence-electron chi connectivity index (χ0n) is 16.3. The summed E-state index contributed by atoms with van der Waals surface area (Å²) in [4.78, 5) is 18.4. The van der Waals surface area contributed by atoms with Gasteiger partial charge in [0.2, 0.25) is 0 Å². The number of hydrogen-bond acceptors (Lipinski definition) is 7. The SMILES string of the molecule is CCCCC(CC)C(=O)OO.CC[C](C)([Co])OO.CC[C](C)([Co])[Co].OO. The van der Waals surface area contributed by atoms with Gasteiger partial charge in [0.05, 0.1) is 5.92 Å². The van der Waals surface area contributed by atoms with Crippen LogP contribution in [-0.4, -0.2) is 31.5 Å². The maximum absolute atomic E-state index is 10.8. The first-order valence-corrected chi connectivity index (χ1v) is 9.88. The van der Waals surface area contributed by atoms with Crippen LogP contribution in [0.3, 0.4) is 0 Å². The minimum Gasteiger partial charge on any atom is -0.255 e. The summed E-state index contributed by atoms with van der Waals surface area (Å²) in [6, 6.07) is 0. The molecule has 0 aliphatic heterocycles. The molecule has 0 spiro atoms. The molecule has 2 atom stereocenters. The first kappa shape index (κ1) is 34.3. The van der Waals surface area contributed by atoms with Crippen molar-refractivity contribution in [1.29, 1.82) is 0 Å². The predicted octanol–water partition coefficient (Wildman–Crippen LogP) is 5.01. The van der Waals surface area contributed by atoms with E-state index in [9.17, 15) is 4.79 Å². The molecule has 0 aliphatic carbocycles. The van der Waals surface area contributed by atoms with Gasteiger partial charge in [-0.1, -0.05) is 26.7 Å². The monoisotopic (exact) mass is 516 g/mol. The van der Waals surface area contributed by atoms with Crippen molar-refractivity contribution in [2.75, 3.05) is 0 Å². The molecule has 4 N–H and O–H groups in total. The van der Waals surface area contributed by atoms with E-state index in [-0.39, 0.29) is 9.20 Å². The standard InChI is InChI=1S/C8H16O3.C4H9O2.C4H8.3Co.H2O2/c1-3-5-6-7(4-2)8(9)11-10;1-3-4(2)6-5;1-3-4-2;;;;1-2/h7,10H,3-6H2,1-2H3;5H,3H2,1-2H3;3H2,1-2H3;;;;1-2H. The fourth-order valence-corrected chi connectivity index (χ4v) is 1.08. The number of unbranched alkanes of at least 4 members (excludes halogenated alkanes) is 1. The molecule has 26 heavy (non-hydrogen) atoms. The van der Waals surface area contributed by atoms with Crippen molar-refractivity contribution >= 4 is 5.97 Å². The molecule has 0 fully saturated rings. The van der Waals surface area contributed by atoms with Gasteiger partial charge >= 0.3 is 112 Å². The Labute approximate surface area is 182 Å². The predicted molar refractivity (Wildman–Crippen MR) is 88.4 cm³/mol. The van der Waals surface area contributed by atoms with Crippen molar-refractivity contribution < 1.29 is 82.8 Å². The minimum absolute atomic E-state index is 0.0833. The zero-order chi connectivity index (χ0) is 21.8. The first-order chi connectivity index (χ1) is 11.9. The Morgan fingerprint density at radius 3 is 1.58 bits per heavy atom. The Balaban J connectivity index is -0.000000140. The number of hydrogen-bond donors (Lipinski definition) is 4. The normalized spacial score (nSPS) is 13.5. The van der Waals surface area contributed by atoms with E-state index < -0.39 is 10.5 Å². The molecule has 0 bridgehead atoms. The summed E-state index contributed by atoms with van der Waals surface area (Å²) in [6.45, 7) is 11.6. The van der Waals surface area contributed by atoms with E-state index in [0.717, 1.165) is 32.1 Å². The summed E-state index contributed by atoms with van der Waals surface area (Å²) in [7, 11) is 0. The molecule has 10 heteroatoms. The van der Waals surface area contributed by atoms with Gasteiger partial charge in [-0.3, -0.25) is 10.5 Å². The number of carbonyl (C=O) groups excluding carboxylic acids is 1. The Hall–Kier alpha value is 0.789. The van der Waals surface area contributed by atoms with Crippen LogP contribution in [-0.2, 0) is 61.8 Å². The number of carbonyl (C=O) groups is 1. The molecule has 0 aromatic rings. The van der Waals surface area contributed by atoms with Crippen molar-refractivity contribution in [2.45, 2.75) is 87.9 Å². The second-order valence-electron chi connectivity index (χ2n) is 5.49. The van der Waals surface area contributed by atoms with Crippen molar-refractivity contribution in [2.24, 2.45) is 5.92 Å². The Morgan fingerprint density at radius 2 is 1.42 bits per heavy atom. The maximum Gasteiger partial charge on any atom is -0.255 e. The summed E-state index contributed by atoms with van der Waals surface area (Å²) >= 11 is 12.3. The zero-order valence-corrected chi connectivity index (χ0v) is 19.5. The summed E-state index contributed by atoms with van der Waals surface area (Å²) in [6.07, 6.45) is 5.30. The molecule has 0 amide bonds. The van der Waals surface area contributed by atoms with E-state index in [1.165, 1.54) is 0 Å². The van der Waals surface area contributed by atoms with Crippen molar-refractivity contribution in [3.63, 3.8) is 0 Å². The van der Waals surface area contributed by atoms with Crippen LogP contribution in [0.4, 0.5) is 0 Å². The van der Waals surface area contributed by atoms with Gasteiger partial charge in [-0.2, -0.15) is 5.26 Å². The topological polar surface area (TPSA) is 116 Å². The van der Waals surface area contributed by atoms with Crippen LogP contribution < -0.4 is 0 Å². The van der Waals surface area contributed by atoms with Crippen LogP contribution >= 0.6 is 0 Å². The van der Waals surface area contributed by atoms with Gasteiger partial charge in [-0.25, -0.2) is 4.79 Å². The quantitative estimate of drug-likeness (QED) is 0.265. The van der Waals surface area contributed by atoms with Gasteiger partial charge < -0.3 is 4.89 Å². The molecular formula is C16H35Co3O7. The van der Waals surface area contributed by atoms with E-state index in [4.69, 9.17) is 21.0 Å². The van der Waals surface area contributed by atoms with E-state index in [1.54, 1.807) is 6.92 Å². The third-order valence-corrected chi connectivity index (χ3v) is 4.41. The summed E-state index contributed by atoms with van der Waals surface area (Å²) in [5, 5.41) is 28.1. The third-order valence-electron chi connectivity index (χ3n) is 3.21. The maximum atomic E-state index is 10.8. The van der Waals surface area contributed by atoms with Crippen LogP contribution in [0.1, 0.15) is 80.1 Å². The molecule has 2 unspecified atom stereocenters. The molecule has 0 aromatic heterocycles. The van der Waals surface area contributed by atoms with Crippen LogP contribution in [0.5, 0.6) is 0 Å². The van der Waals surface area contributed by atoms with Crippen LogP contribution in [0.25, 0.3) is 0 Å². The van der Waals surface area contributed by atoms with Crippen LogP contribution in [0.15, 0.2) is 0 Å². The summed E-state index contributed by atoms with van der Waals surface area (Å²) in [5.74, 6) is -0.624. The van der Waals surface area contributed by atoms with Crippen molar-refractivity contribution in [3.05, 3.63) is 0 Å². The fourth-order valence-electron chi connectivity index (χ4n) is 1.08. The second kappa shape index (κ2) is 22.1. The molecule has 0 saturated heterocycles. The van der Waals surface area contributed by atoms with Crippen molar-refractivity contribution in [3.8, 4) is 0 Å². The Kier molecular flexibility index (Phi) is 29.1. The summed E-state index contributed by atoms with van der Waals surface area (Å²) in [5.41, 5.74) is 0. The van der Waals surface area contributed by atoms with E-state index in [0.29, 0.717) is 6.42 Å². The minimum atomic E-state index is -0.674. The third kappa shape index (κ3) is 29.5. The Bertz CT molecular complexity index is 292. The average Bonchev–Trinajstić information content (AvgIpc) is 2.64. The van der Waals surface area contributed by atoms with E-state index in [2.05, 4.69) is 70.8 Å². The largest absolute Gasteiger partial charge is 0.255 e. The average molecular weight is 516 g/mol. The Morgan fingerprint density at radius 1 is 1.00 bits per heavy atom. The van der Waals surface area contributed by atoms with Crippen LogP contribution in [0.2, 0.25) is 3.28 Å². The smallest absolute Gasteiger partial charge is 0.255 e. The molecular weight excluding hydrogens is 481 g/mol. The molecule has 0 saturated carbocycles. The molecule has 0 radical (unpaired) electrons. The molecule has 0 aromatic carbocycles. The molecule has 0 aliphatic rings. The van der Waals surface area contributed by atoms with Crippen molar-refractivity contribution in [1.82, 2.24) is 0 Å². The number of rotatable bonds is 8. The van der Waals surface area contributed by atoms with Gasteiger partial charge in [0.1, 0.15) is 0 Å². The van der Waals surface area contributed by atoms with Gasteiger partial charge in [0.15, 0.2) is 0 Å². The molecule has 7 nitrogen and oxygen atoms in total. The molecule has 0 rings (SSSR count). The second-order valence-corrected chi connectivity index (χ2v) is 9.26. The fraction of sp³-hybridized carbons (Fsp3) is 0.938. The van der Waals surface area contributed by atoms with Gasteiger partial charge in [-0.15, -0.1) is 0 Å².